The van der Waals surface area contributed by atoms with Gasteiger partial charge >= 0.3 is 0 Å². The zero-order chi connectivity index (χ0) is 16.5. The molecule has 5 heteroatoms. The monoisotopic (exact) mass is 316 g/mol. The lowest BCUT2D eigenvalue weighted by Crippen LogP contribution is -2.45. The van der Waals surface area contributed by atoms with Gasteiger partial charge in [-0.3, -0.25) is 4.79 Å². The second-order valence-electron chi connectivity index (χ2n) is 6.14. The van der Waals surface area contributed by atoms with E-state index >= 15 is 0 Å². The van der Waals surface area contributed by atoms with Crippen molar-refractivity contribution in [2.24, 2.45) is 4.99 Å². The van der Waals surface area contributed by atoms with E-state index in [1.807, 2.05) is 6.07 Å². The molecule has 0 bridgehead atoms. The van der Waals surface area contributed by atoms with Crippen molar-refractivity contribution in [1.29, 1.82) is 0 Å². The zero-order valence-corrected chi connectivity index (χ0v) is 14.3. The standard InChI is InChI=1S/C18H28N4O/c1-21(2)17(23)15-20-18(22-13-7-4-8-14-22)19-12-11-16-9-5-3-6-10-16/h3,5-6,9-10H,4,7-8,11-15H2,1-2H3,(H,19,20). The highest BCUT2D eigenvalue weighted by Crippen LogP contribution is 2.09. The Hall–Kier alpha value is -2.04. The number of hydrogen-bond donors (Lipinski definition) is 1. The van der Waals surface area contributed by atoms with Gasteiger partial charge in [0.2, 0.25) is 5.91 Å². The summed E-state index contributed by atoms with van der Waals surface area (Å²) < 4.78 is 0. The topological polar surface area (TPSA) is 47.9 Å². The van der Waals surface area contributed by atoms with E-state index in [9.17, 15) is 4.79 Å². The van der Waals surface area contributed by atoms with Crippen molar-refractivity contribution in [1.82, 2.24) is 15.1 Å². The van der Waals surface area contributed by atoms with Crippen molar-refractivity contribution in [3.05, 3.63) is 35.9 Å². The van der Waals surface area contributed by atoms with Crippen LogP contribution in [0, 0.1) is 0 Å². The van der Waals surface area contributed by atoms with Crippen LogP contribution in [-0.4, -0.2) is 61.9 Å². The maximum Gasteiger partial charge on any atom is 0.243 e. The van der Waals surface area contributed by atoms with Gasteiger partial charge in [0.05, 0.1) is 0 Å². The molecule has 1 aliphatic heterocycles. The summed E-state index contributed by atoms with van der Waals surface area (Å²) >= 11 is 0. The molecule has 1 N–H and O–H groups in total. The van der Waals surface area contributed by atoms with Crippen molar-refractivity contribution in [3.8, 4) is 0 Å². The predicted molar refractivity (Wildman–Crippen MR) is 94.6 cm³/mol. The molecule has 1 fully saturated rings. The minimum atomic E-state index is 0.0318. The van der Waals surface area contributed by atoms with Crippen LogP contribution < -0.4 is 5.32 Å². The van der Waals surface area contributed by atoms with Crippen LogP contribution in [0.3, 0.4) is 0 Å². The van der Waals surface area contributed by atoms with E-state index in [4.69, 9.17) is 0 Å². The molecule has 23 heavy (non-hydrogen) atoms. The van der Waals surface area contributed by atoms with Crippen LogP contribution in [-0.2, 0) is 11.2 Å². The Balaban J connectivity index is 1.92. The fourth-order valence-corrected chi connectivity index (χ4v) is 2.62. The third kappa shape index (κ3) is 5.93. The van der Waals surface area contributed by atoms with Crippen LogP contribution >= 0.6 is 0 Å². The molecular formula is C18H28N4O. The average molecular weight is 316 g/mol. The number of nitrogens with one attached hydrogen (secondary N) is 1. The zero-order valence-electron chi connectivity index (χ0n) is 14.3. The number of guanidine groups is 1. The summed E-state index contributed by atoms with van der Waals surface area (Å²) in [5.41, 5.74) is 1.31. The molecule has 1 amide bonds. The van der Waals surface area contributed by atoms with Gasteiger partial charge < -0.3 is 15.1 Å². The van der Waals surface area contributed by atoms with Gasteiger partial charge in [-0.25, -0.2) is 4.99 Å². The van der Waals surface area contributed by atoms with Crippen molar-refractivity contribution in [2.45, 2.75) is 25.7 Å². The number of aliphatic imine (C=N–C) groups is 1. The summed E-state index contributed by atoms with van der Waals surface area (Å²) in [5, 5.41) is 3.44. The molecule has 0 radical (unpaired) electrons. The molecule has 0 aromatic heterocycles. The highest BCUT2D eigenvalue weighted by molar-refractivity contribution is 5.84. The second kappa shape index (κ2) is 9.18. The van der Waals surface area contributed by atoms with E-state index in [-0.39, 0.29) is 12.5 Å². The number of nitrogens with zero attached hydrogens (tertiary/aromatic N) is 3. The van der Waals surface area contributed by atoms with Crippen LogP contribution in [0.25, 0.3) is 0 Å². The first-order valence-corrected chi connectivity index (χ1v) is 8.44. The minimum Gasteiger partial charge on any atom is -0.356 e. The predicted octanol–water partition coefficient (Wildman–Crippen LogP) is 1.75. The second-order valence-corrected chi connectivity index (χ2v) is 6.14. The quantitative estimate of drug-likeness (QED) is 0.665. The molecule has 1 aromatic rings. The number of likely N-dealkylation sites (N-methyl/N-ethyl adjacent to an activating group) is 1. The Labute approximate surface area is 139 Å². The van der Waals surface area contributed by atoms with Crippen LogP contribution in [0.15, 0.2) is 35.3 Å². The van der Waals surface area contributed by atoms with Crippen molar-refractivity contribution in [3.63, 3.8) is 0 Å². The first kappa shape index (κ1) is 17.3. The molecule has 1 heterocycles. The van der Waals surface area contributed by atoms with E-state index in [0.29, 0.717) is 0 Å². The fraction of sp³-hybridized carbons (Fsp3) is 0.556. The summed E-state index contributed by atoms with van der Waals surface area (Å²) in [5.74, 6) is 0.903. The highest BCUT2D eigenvalue weighted by atomic mass is 16.2. The molecule has 5 nitrogen and oxygen atoms in total. The Kier molecular flexibility index (Phi) is 6.91. The SMILES string of the molecule is CN(C)C(=O)CN=C(NCCc1ccccc1)N1CCCCC1. The Morgan fingerprint density at radius 1 is 1.17 bits per heavy atom. The van der Waals surface area contributed by atoms with Crippen molar-refractivity contribution in [2.75, 3.05) is 40.3 Å². The summed E-state index contributed by atoms with van der Waals surface area (Å²) in [4.78, 5) is 20.2. The average Bonchev–Trinajstić information content (AvgIpc) is 2.59. The largest absolute Gasteiger partial charge is 0.356 e. The molecule has 0 spiro atoms. The molecule has 0 unspecified atom stereocenters. The Morgan fingerprint density at radius 2 is 1.87 bits per heavy atom. The molecule has 0 aliphatic carbocycles. The van der Waals surface area contributed by atoms with Crippen molar-refractivity contribution >= 4 is 11.9 Å². The molecule has 0 saturated carbocycles. The maximum absolute atomic E-state index is 11.8. The molecular weight excluding hydrogens is 288 g/mol. The maximum atomic E-state index is 11.8. The molecule has 2 rings (SSSR count). The molecule has 1 aromatic carbocycles. The van der Waals surface area contributed by atoms with Crippen LogP contribution in [0.1, 0.15) is 24.8 Å². The van der Waals surface area contributed by atoms with Gasteiger partial charge in [-0.1, -0.05) is 30.3 Å². The number of hydrogen-bond acceptors (Lipinski definition) is 2. The normalized spacial score (nSPS) is 15.4. The molecule has 0 atom stereocenters. The van der Waals surface area contributed by atoms with Gasteiger partial charge in [0.25, 0.3) is 0 Å². The van der Waals surface area contributed by atoms with E-state index in [1.165, 1.54) is 24.8 Å². The first-order chi connectivity index (χ1) is 11.2. The summed E-state index contributed by atoms with van der Waals surface area (Å²) in [6, 6.07) is 10.4. The van der Waals surface area contributed by atoms with E-state index in [0.717, 1.165) is 32.0 Å². The van der Waals surface area contributed by atoms with Crippen LogP contribution in [0.4, 0.5) is 0 Å². The lowest BCUT2D eigenvalue weighted by atomic mass is 10.1. The van der Waals surface area contributed by atoms with Gasteiger partial charge in [-0.15, -0.1) is 0 Å². The number of carbonyl (C=O) groups is 1. The van der Waals surface area contributed by atoms with Gasteiger partial charge in [0.1, 0.15) is 6.54 Å². The van der Waals surface area contributed by atoms with Crippen LogP contribution in [0.5, 0.6) is 0 Å². The summed E-state index contributed by atoms with van der Waals surface area (Å²) in [7, 11) is 3.53. The van der Waals surface area contributed by atoms with Gasteiger partial charge in [0.15, 0.2) is 5.96 Å². The van der Waals surface area contributed by atoms with Crippen molar-refractivity contribution < 1.29 is 4.79 Å². The molecule has 1 saturated heterocycles. The van der Waals surface area contributed by atoms with E-state index in [1.54, 1.807) is 19.0 Å². The third-order valence-corrected chi connectivity index (χ3v) is 4.06. The van der Waals surface area contributed by atoms with Gasteiger partial charge in [-0.05, 0) is 31.2 Å². The molecule has 1 aliphatic rings. The Bertz CT molecular complexity index is 507. The van der Waals surface area contributed by atoms with Gasteiger partial charge in [0, 0.05) is 33.7 Å². The number of amides is 1. The fourth-order valence-electron chi connectivity index (χ4n) is 2.62. The number of likely N-dealkylation sites (tertiary alicyclic amines) is 1. The highest BCUT2D eigenvalue weighted by Gasteiger charge is 2.15. The minimum absolute atomic E-state index is 0.0318. The molecule has 126 valence electrons. The van der Waals surface area contributed by atoms with Crippen LogP contribution in [0.2, 0.25) is 0 Å². The third-order valence-electron chi connectivity index (χ3n) is 4.06. The number of benzene rings is 1. The van der Waals surface area contributed by atoms with E-state index in [2.05, 4.69) is 39.5 Å². The Morgan fingerprint density at radius 3 is 2.52 bits per heavy atom. The summed E-state index contributed by atoms with van der Waals surface area (Å²) in [6.45, 7) is 3.08. The number of rotatable bonds is 5. The smallest absolute Gasteiger partial charge is 0.243 e. The van der Waals surface area contributed by atoms with E-state index < -0.39 is 0 Å². The lowest BCUT2D eigenvalue weighted by Gasteiger charge is -2.30. The number of piperidine rings is 1. The summed E-state index contributed by atoms with van der Waals surface area (Å²) in [6.07, 6.45) is 4.63. The number of carbonyl (C=O) groups excluding carboxylic acids is 1. The lowest BCUT2D eigenvalue weighted by molar-refractivity contribution is -0.127. The first-order valence-electron chi connectivity index (χ1n) is 8.44. The van der Waals surface area contributed by atoms with Gasteiger partial charge in [-0.2, -0.15) is 0 Å².